The van der Waals surface area contributed by atoms with E-state index in [9.17, 15) is 4.79 Å². The molecule has 6 heteroatoms. The molecule has 42 heavy (non-hydrogen) atoms. The van der Waals surface area contributed by atoms with E-state index in [1.54, 1.807) is 7.11 Å². The zero-order valence-corrected chi connectivity index (χ0v) is 28.1. The third-order valence-electron chi connectivity index (χ3n) is 7.44. The first kappa shape index (κ1) is 35.4. The number of esters is 1. The normalized spacial score (nSPS) is 13.5. The highest BCUT2D eigenvalue weighted by molar-refractivity contribution is 6.99. The summed E-state index contributed by atoms with van der Waals surface area (Å²) in [6.07, 6.45) is 10.7. The molecule has 2 aromatic rings. The standard InChI is InChI=1S/C36H52O5Si/c1-29(2)17-15-19-31(27-35(39-8)40-28-34(37)38-7)20-16-18-30(3)25-26-41-42(36(4,5)6,32-21-11-9-12-22-32)33-23-13-10-14-24-33/h9-14,17,20-25,35H,15-16,18-19,26-28H2,1-8H3/b30-25+,31-20-. The van der Waals surface area contributed by atoms with Crippen LogP contribution in [0.4, 0.5) is 0 Å². The second-order valence-electron chi connectivity index (χ2n) is 12.0. The fourth-order valence-corrected chi connectivity index (χ4v) is 9.64. The van der Waals surface area contributed by atoms with Crippen molar-refractivity contribution in [3.63, 3.8) is 0 Å². The minimum absolute atomic E-state index is 0.0474. The molecule has 0 spiro atoms. The lowest BCUT2D eigenvalue weighted by atomic mass is 10.0. The van der Waals surface area contributed by atoms with Crippen molar-refractivity contribution in [1.29, 1.82) is 0 Å². The molecule has 0 bridgehead atoms. The monoisotopic (exact) mass is 592 g/mol. The third-order valence-corrected chi connectivity index (χ3v) is 12.4. The van der Waals surface area contributed by atoms with Crippen LogP contribution < -0.4 is 10.4 Å². The Hall–Kier alpha value is -2.77. The molecule has 0 aliphatic carbocycles. The van der Waals surface area contributed by atoms with E-state index in [1.807, 2.05) is 0 Å². The summed E-state index contributed by atoms with van der Waals surface area (Å²) in [5.41, 5.74) is 3.87. The summed E-state index contributed by atoms with van der Waals surface area (Å²) < 4.78 is 22.9. The van der Waals surface area contributed by atoms with Gasteiger partial charge in [0.25, 0.3) is 8.32 Å². The zero-order valence-electron chi connectivity index (χ0n) is 27.1. The van der Waals surface area contributed by atoms with Crippen molar-refractivity contribution in [2.45, 2.75) is 85.0 Å². The molecule has 1 unspecified atom stereocenters. The van der Waals surface area contributed by atoms with Crippen LogP contribution >= 0.6 is 0 Å². The molecule has 0 amide bonds. The molecule has 2 aromatic carbocycles. The zero-order chi connectivity index (χ0) is 31.0. The molecular formula is C36H52O5Si. The number of allylic oxidation sites excluding steroid dienone is 4. The summed E-state index contributed by atoms with van der Waals surface area (Å²) in [7, 11) is 0.407. The van der Waals surface area contributed by atoms with Gasteiger partial charge >= 0.3 is 5.97 Å². The van der Waals surface area contributed by atoms with E-state index >= 15 is 0 Å². The first-order valence-corrected chi connectivity index (χ1v) is 16.9. The average molecular weight is 593 g/mol. The molecule has 1 atom stereocenters. The number of carbonyl (C=O) groups is 1. The van der Waals surface area contributed by atoms with Gasteiger partial charge in [0.2, 0.25) is 0 Å². The summed E-state index contributed by atoms with van der Waals surface area (Å²) >= 11 is 0. The van der Waals surface area contributed by atoms with Gasteiger partial charge in [0.15, 0.2) is 6.29 Å². The molecule has 0 radical (unpaired) electrons. The summed E-state index contributed by atoms with van der Waals surface area (Å²) in [6.45, 7) is 13.8. The lowest BCUT2D eigenvalue weighted by molar-refractivity contribution is -0.164. The molecular weight excluding hydrogens is 540 g/mol. The Bertz CT molecular complexity index is 1120. The van der Waals surface area contributed by atoms with Gasteiger partial charge in [-0.05, 0) is 61.9 Å². The van der Waals surface area contributed by atoms with Gasteiger partial charge < -0.3 is 18.6 Å². The second-order valence-corrected chi connectivity index (χ2v) is 16.3. The molecule has 5 nitrogen and oxygen atoms in total. The summed E-state index contributed by atoms with van der Waals surface area (Å²) in [5, 5.41) is 2.54. The number of hydrogen-bond acceptors (Lipinski definition) is 5. The highest BCUT2D eigenvalue weighted by Crippen LogP contribution is 2.36. The number of hydrogen-bond donors (Lipinski definition) is 0. The maximum absolute atomic E-state index is 11.5. The number of rotatable bonds is 17. The fraction of sp³-hybridized carbons (Fsp3) is 0.472. The largest absolute Gasteiger partial charge is 0.467 e. The molecule has 0 saturated heterocycles. The van der Waals surface area contributed by atoms with Crippen LogP contribution in [0.2, 0.25) is 5.04 Å². The Kier molecular flexibility index (Phi) is 15.2. The van der Waals surface area contributed by atoms with Crippen LogP contribution in [-0.4, -0.2) is 48.0 Å². The lowest BCUT2D eigenvalue weighted by Crippen LogP contribution is -2.66. The van der Waals surface area contributed by atoms with Gasteiger partial charge in [-0.1, -0.05) is 116 Å². The number of benzene rings is 2. The quantitative estimate of drug-likeness (QED) is 0.0823. The Morgan fingerprint density at radius 1 is 0.833 bits per heavy atom. The van der Waals surface area contributed by atoms with Gasteiger partial charge in [-0.25, -0.2) is 4.79 Å². The minimum Gasteiger partial charge on any atom is -0.467 e. The van der Waals surface area contributed by atoms with Gasteiger partial charge in [0, 0.05) is 13.5 Å². The van der Waals surface area contributed by atoms with Crippen molar-refractivity contribution in [3.05, 3.63) is 95.6 Å². The first-order chi connectivity index (χ1) is 20.0. The number of methoxy groups -OCH3 is 2. The van der Waals surface area contributed by atoms with Gasteiger partial charge in [0.05, 0.1) is 13.7 Å². The van der Waals surface area contributed by atoms with E-state index in [4.69, 9.17) is 18.6 Å². The average Bonchev–Trinajstić information content (AvgIpc) is 2.97. The van der Waals surface area contributed by atoms with Crippen LogP contribution in [-0.2, 0) is 23.4 Å². The number of carbonyl (C=O) groups excluding carboxylic acids is 1. The van der Waals surface area contributed by atoms with Crippen LogP contribution in [0.25, 0.3) is 0 Å². The third kappa shape index (κ3) is 11.1. The van der Waals surface area contributed by atoms with Gasteiger partial charge in [-0.2, -0.15) is 0 Å². The SMILES string of the molecule is COC(=O)COC(C/C(=C\CC/C(C)=C/CO[Si](c1ccccc1)(c1ccccc1)C(C)(C)C)CCC=C(C)C)OC. The lowest BCUT2D eigenvalue weighted by Gasteiger charge is -2.42. The molecule has 0 N–H and O–H groups in total. The Labute approximate surface area is 255 Å². The summed E-state index contributed by atoms with van der Waals surface area (Å²) in [6, 6.07) is 21.5. The topological polar surface area (TPSA) is 54.0 Å². The first-order valence-electron chi connectivity index (χ1n) is 15.0. The van der Waals surface area contributed by atoms with Crippen LogP contribution in [0.1, 0.15) is 73.6 Å². The summed E-state index contributed by atoms with van der Waals surface area (Å²) in [5.74, 6) is -0.409. The minimum atomic E-state index is -2.55. The Morgan fingerprint density at radius 3 is 1.90 bits per heavy atom. The van der Waals surface area contributed by atoms with Crippen LogP contribution in [0.5, 0.6) is 0 Å². The smallest absolute Gasteiger partial charge is 0.331 e. The molecule has 2 rings (SSSR count). The van der Waals surface area contributed by atoms with E-state index in [2.05, 4.69) is 120 Å². The van der Waals surface area contributed by atoms with Crippen molar-refractivity contribution in [1.82, 2.24) is 0 Å². The van der Waals surface area contributed by atoms with Crippen molar-refractivity contribution in [2.24, 2.45) is 0 Å². The van der Waals surface area contributed by atoms with E-state index in [0.29, 0.717) is 13.0 Å². The van der Waals surface area contributed by atoms with Crippen LogP contribution in [0.3, 0.4) is 0 Å². The fourth-order valence-electron chi connectivity index (χ4n) is 5.15. The van der Waals surface area contributed by atoms with Crippen molar-refractivity contribution < 1.29 is 23.4 Å². The molecule has 0 aliphatic rings. The van der Waals surface area contributed by atoms with Gasteiger partial charge in [0.1, 0.15) is 6.61 Å². The maximum atomic E-state index is 11.5. The van der Waals surface area contributed by atoms with Gasteiger partial charge in [-0.3, -0.25) is 0 Å². The Balaban J connectivity index is 2.16. The van der Waals surface area contributed by atoms with Crippen LogP contribution in [0.15, 0.2) is 95.6 Å². The van der Waals surface area contributed by atoms with Crippen molar-refractivity contribution >= 4 is 24.7 Å². The summed E-state index contributed by atoms with van der Waals surface area (Å²) in [4.78, 5) is 11.5. The highest BCUT2D eigenvalue weighted by atomic mass is 28.4. The highest BCUT2D eigenvalue weighted by Gasteiger charge is 2.49. The molecule has 0 saturated carbocycles. The predicted octanol–water partition coefficient (Wildman–Crippen LogP) is 7.51. The van der Waals surface area contributed by atoms with Gasteiger partial charge in [-0.15, -0.1) is 0 Å². The molecule has 0 aromatic heterocycles. The molecule has 0 fully saturated rings. The number of ether oxygens (including phenoxy) is 3. The maximum Gasteiger partial charge on any atom is 0.331 e. The van der Waals surface area contributed by atoms with Crippen LogP contribution in [0, 0.1) is 0 Å². The Morgan fingerprint density at radius 2 is 1.40 bits per heavy atom. The van der Waals surface area contributed by atoms with Crippen molar-refractivity contribution in [2.75, 3.05) is 27.4 Å². The van der Waals surface area contributed by atoms with Crippen molar-refractivity contribution in [3.8, 4) is 0 Å². The molecule has 230 valence electrons. The second kappa shape index (κ2) is 18.0. The van der Waals surface area contributed by atoms with E-state index in [-0.39, 0.29) is 11.6 Å². The van der Waals surface area contributed by atoms with E-state index < -0.39 is 20.6 Å². The van der Waals surface area contributed by atoms with E-state index in [0.717, 1.165) is 25.7 Å². The van der Waals surface area contributed by atoms with E-state index in [1.165, 1.54) is 34.2 Å². The molecule has 0 heterocycles. The molecule has 0 aliphatic heterocycles. The predicted molar refractivity (Wildman–Crippen MR) is 177 cm³/mol.